The van der Waals surface area contributed by atoms with E-state index in [4.69, 9.17) is 16.3 Å². The molecule has 1 saturated heterocycles. The molecule has 1 fully saturated rings. The van der Waals surface area contributed by atoms with Crippen molar-refractivity contribution in [2.75, 3.05) is 38.1 Å². The Morgan fingerprint density at radius 2 is 2.11 bits per heavy atom. The van der Waals surface area contributed by atoms with Crippen LogP contribution in [0.15, 0.2) is 35.3 Å². The van der Waals surface area contributed by atoms with Gasteiger partial charge in [-0.3, -0.25) is 19.5 Å². The minimum Gasteiger partial charge on any atom is -0.480 e. The van der Waals surface area contributed by atoms with E-state index in [0.29, 0.717) is 72.6 Å². The SMILES string of the molecule is O=C1COc2cc(Cl)c(CNC[C@H]3CN(CCn4c(=O)ccc5ncc(F)cc54)C[C@H]3O)nc2N1. The van der Waals surface area contributed by atoms with E-state index in [1.807, 2.05) is 0 Å². The van der Waals surface area contributed by atoms with Gasteiger partial charge in [-0.15, -0.1) is 0 Å². The lowest BCUT2D eigenvalue weighted by molar-refractivity contribution is -0.118. The Bertz CT molecular complexity index is 1340. The number of pyridine rings is 3. The smallest absolute Gasteiger partial charge is 0.263 e. The lowest BCUT2D eigenvalue weighted by Crippen LogP contribution is -2.31. The third-order valence-electron chi connectivity index (χ3n) is 6.26. The van der Waals surface area contributed by atoms with Gasteiger partial charge in [-0.25, -0.2) is 9.37 Å². The molecule has 5 rings (SSSR count). The molecule has 0 radical (unpaired) electrons. The molecule has 1 amide bonds. The van der Waals surface area contributed by atoms with Gasteiger partial charge >= 0.3 is 0 Å². The molecular formula is C23H24ClFN6O4. The number of ether oxygens (including phenoxy) is 1. The van der Waals surface area contributed by atoms with Gasteiger partial charge in [0.1, 0.15) is 5.82 Å². The summed E-state index contributed by atoms with van der Waals surface area (Å²) >= 11 is 6.30. The van der Waals surface area contributed by atoms with Gasteiger partial charge in [0.05, 0.1) is 34.1 Å². The normalized spacial score (nSPS) is 20.0. The number of aromatic nitrogens is 3. The molecule has 35 heavy (non-hydrogen) atoms. The fourth-order valence-corrected chi connectivity index (χ4v) is 4.67. The Hall–Kier alpha value is -3.12. The molecule has 3 N–H and O–H groups in total. The van der Waals surface area contributed by atoms with Crippen molar-refractivity contribution >= 4 is 34.4 Å². The molecular weight excluding hydrogens is 479 g/mol. The number of rotatable bonds is 7. The Balaban J connectivity index is 1.17. The first-order valence-electron chi connectivity index (χ1n) is 11.3. The number of β-amino-alcohol motifs (C(OH)–C–C–N with tert-alkyl or cyclic N) is 1. The first kappa shape index (κ1) is 23.6. The predicted molar refractivity (Wildman–Crippen MR) is 127 cm³/mol. The number of nitrogens with zero attached hydrogens (tertiary/aromatic N) is 4. The van der Waals surface area contributed by atoms with E-state index in [0.717, 1.165) is 6.20 Å². The van der Waals surface area contributed by atoms with Crippen molar-refractivity contribution in [2.45, 2.75) is 19.2 Å². The number of halogens is 2. The molecule has 0 spiro atoms. The third kappa shape index (κ3) is 5.13. The standard InChI is InChI=1S/C23H24ClFN6O4/c24-15-6-20-23(29-21(33)12-35-20)28-17(15)9-26-7-13-10-30(11-19(13)32)3-4-31-18-5-14(25)8-27-16(18)1-2-22(31)34/h1-2,5-6,8,13,19,26,32H,3-4,7,9-12H2,(H,28,29,33)/t13-,19+/m0/s1. The number of fused-ring (bicyclic) bond motifs is 2. The van der Waals surface area contributed by atoms with E-state index in [2.05, 4.69) is 25.5 Å². The second-order valence-electron chi connectivity index (χ2n) is 8.70. The molecule has 2 aliphatic heterocycles. The number of amides is 1. The maximum Gasteiger partial charge on any atom is 0.263 e. The molecule has 0 aliphatic carbocycles. The molecule has 0 unspecified atom stereocenters. The first-order valence-corrected chi connectivity index (χ1v) is 11.6. The molecule has 2 atom stereocenters. The van der Waals surface area contributed by atoms with Crippen LogP contribution in [0.1, 0.15) is 5.69 Å². The molecule has 0 aromatic carbocycles. The highest BCUT2D eigenvalue weighted by Crippen LogP contribution is 2.30. The minimum absolute atomic E-state index is 0.0298. The summed E-state index contributed by atoms with van der Waals surface area (Å²) < 4.78 is 20.5. The van der Waals surface area contributed by atoms with Gasteiger partial charge in [-0.05, 0) is 6.07 Å². The van der Waals surface area contributed by atoms with E-state index in [-0.39, 0.29) is 24.0 Å². The van der Waals surface area contributed by atoms with E-state index in [9.17, 15) is 19.1 Å². The van der Waals surface area contributed by atoms with Gasteiger partial charge in [0, 0.05) is 63.4 Å². The highest BCUT2D eigenvalue weighted by molar-refractivity contribution is 6.31. The molecule has 10 nitrogen and oxygen atoms in total. The number of aliphatic hydroxyl groups is 1. The van der Waals surface area contributed by atoms with Crippen molar-refractivity contribution in [1.29, 1.82) is 0 Å². The number of hydrogen-bond acceptors (Lipinski definition) is 8. The highest BCUT2D eigenvalue weighted by atomic mass is 35.5. The second kappa shape index (κ2) is 9.86. The fourth-order valence-electron chi connectivity index (χ4n) is 4.46. The number of anilines is 1. The van der Waals surface area contributed by atoms with Crippen LogP contribution in [0.4, 0.5) is 10.2 Å². The van der Waals surface area contributed by atoms with Gasteiger partial charge in [-0.1, -0.05) is 11.6 Å². The van der Waals surface area contributed by atoms with Crippen molar-refractivity contribution < 1.29 is 19.0 Å². The number of nitrogens with one attached hydrogen (secondary N) is 2. The lowest BCUT2D eigenvalue weighted by atomic mass is 10.1. The largest absolute Gasteiger partial charge is 0.480 e. The van der Waals surface area contributed by atoms with Gasteiger partial charge in [0.15, 0.2) is 18.2 Å². The summed E-state index contributed by atoms with van der Waals surface area (Å²) in [6.07, 6.45) is 0.591. The quantitative estimate of drug-likeness (QED) is 0.437. The van der Waals surface area contributed by atoms with Crippen molar-refractivity contribution in [1.82, 2.24) is 24.8 Å². The number of aliphatic hydroxyl groups excluding tert-OH is 1. The maximum absolute atomic E-state index is 13.7. The summed E-state index contributed by atoms with van der Waals surface area (Å²) in [5, 5.41) is 16.9. The van der Waals surface area contributed by atoms with Crippen molar-refractivity contribution in [2.24, 2.45) is 5.92 Å². The summed E-state index contributed by atoms with van der Waals surface area (Å²) in [6.45, 7) is 2.81. The van der Waals surface area contributed by atoms with Crippen LogP contribution < -0.4 is 20.9 Å². The molecule has 5 heterocycles. The van der Waals surface area contributed by atoms with Crippen LogP contribution in [0.25, 0.3) is 11.0 Å². The summed E-state index contributed by atoms with van der Waals surface area (Å²) in [5.74, 6) is -0.0225. The average Bonchev–Trinajstić information content (AvgIpc) is 3.18. The Morgan fingerprint density at radius 1 is 1.26 bits per heavy atom. The van der Waals surface area contributed by atoms with Gasteiger partial charge in [0.2, 0.25) is 0 Å². The topological polar surface area (TPSA) is 122 Å². The van der Waals surface area contributed by atoms with Crippen LogP contribution in [0, 0.1) is 11.7 Å². The summed E-state index contributed by atoms with van der Waals surface area (Å²) in [4.78, 5) is 34.4. The summed E-state index contributed by atoms with van der Waals surface area (Å²) in [7, 11) is 0. The molecule has 3 aromatic rings. The van der Waals surface area contributed by atoms with Crippen molar-refractivity contribution in [3.05, 3.63) is 57.3 Å². The minimum atomic E-state index is -0.537. The van der Waals surface area contributed by atoms with E-state index in [1.54, 1.807) is 12.1 Å². The first-order chi connectivity index (χ1) is 16.9. The Labute approximate surface area is 204 Å². The zero-order chi connectivity index (χ0) is 24.5. The molecule has 2 aliphatic rings. The number of hydrogen-bond donors (Lipinski definition) is 3. The van der Waals surface area contributed by atoms with Crippen LogP contribution in [-0.2, 0) is 17.9 Å². The molecule has 12 heteroatoms. The zero-order valence-corrected chi connectivity index (χ0v) is 19.5. The number of carbonyl (C=O) groups excluding carboxylic acids is 1. The van der Waals surface area contributed by atoms with Gasteiger partial charge in [0.25, 0.3) is 11.5 Å². The van der Waals surface area contributed by atoms with Crippen molar-refractivity contribution in [3.63, 3.8) is 0 Å². The van der Waals surface area contributed by atoms with Crippen LogP contribution in [-0.4, -0.2) is 69.3 Å². The zero-order valence-electron chi connectivity index (χ0n) is 18.7. The van der Waals surface area contributed by atoms with Gasteiger partial charge < -0.3 is 25.0 Å². The lowest BCUT2D eigenvalue weighted by Gasteiger charge is -2.19. The van der Waals surface area contributed by atoms with E-state index >= 15 is 0 Å². The van der Waals surface area contributed by atoms with Gasteiger partial charge in [-0.2, -0.15) is 0 Å². The number of likely N-dealkylation sites (tertiary alicyclic amines) is 1. The van der Waals surface area contributed by atoms with Crippen molar-refractivity contribution in [3.8, 4) is 5.75 Å². The molecule has 184 valence electrons. The predicted octanol–water partition coefficient (Wildman–Crippen LogP) is 0.997. The summed E-state index contributed by atoms with van der Waals surface area (Å²) in [6, 6.07) is 5.95. The third-order valence-corrected chi connectivity index (χ3v) is 6.58. The number of carbonyl (C=O) groups is 1. The van der Waals surface area contributed by atoms with Crippen LogP contribution in [0.5, 0.6) is 5.75 Å². The molecule has 0 saturated carbocycles. The van der Waals surface area contributed by atoms with E-state index in [1.165, 1.54) is 16.7 Å². The average molecular weight is 503 g/mol. The summed E-state index contributed by atoms with van der Waals surface area (Å²) in [5.41, 5.74) is 1.34. The molecule has 0 bridgehead atoms. The highest BCUT2D eigenvalue weighted by Gasteiger charge is 2.31. The van der Waals surface area contributed by atoms with E-state index < -0.39 is 11.9 Å². The Kier molecular flexibility index (Phi) is 6.65. The monoisotopic (exact) mass is 502 g/mol. The van der Waals surface area contributed by atoms with Crippen LogP contribution >= 0.6 is 11.6 Å². The van der Waals surface area contributed by atoms with Crippen LogP contribution in [0.3, 0.4) is 0 Å². The van der Waals surface area contributed by atoms with Crippen LogP contribution in [0.2, 0.25) is 5.02 Å². The molecule has 3 aromatic heterocycles. The Morgan fingerprint density at radius 3 is 2.97 bits per heavy atom. The maximum atomic E-state index is 13.7. The second-order valence-corrected chi connectivity index (χ2v) is 9.11. The fraction of sp³-hybridized carbons (Fsp3) is 0.391.